The van der Waals surface area contributed by atoms with Gasteiger partial charge in [-0.3, -0.25) is 0 Å². The molecule has 82 valence electrons. The number of rotatable bonds is 2. The standard InChI is InChI=1S/C10H7F2N3O/c11-6-2-1-3-7(9(6)12)16-10-14-5-4-8(13)15-10/h1-5H,(H2,13,14,15). The maximum atomic E-state index is 13.2. The van der Waals surface area contributed by atoms with Crippen LogP contribution in [0.15, 0.2) is 30.5 Å². The second kappa shape index (κ2) is 4.09. The molecule has 0 saturated carbocycles. The highest BCUT2D eigenvalue weighted by Crippen LogP contribution is 2.23. The molecule has 0 radical (unpaired) electrons. The van der Waals surface area contributed by atoms with Gasteiger partial charge in [0.1, 0.15) is 5.82 Å². The minimum absolute atomic E-state index is 0.135. The minimum atomic E-state index is -1.09. The van der Waals surface area contributed by atoms with Gasteiger partial charge < -0.3 is 10.5 Å². The van der Waals surface area contributed by atoms with E-state index in [1.54, 1.807) is 0 Å². The number of hydrogen-bond acceptors (Lipinski definition) is 4. The molecule has 2 aromatic rings. The average Bonchev–Trinajstić information content (AvgIpc) is 2.25. The Morgan fingerprint density at radius 2 is 2.00 bits per heavy atom. The van der Waals surface area contributed by atoms with Gasteiger partial charge in [0.25, 0.3) is 0 Å². The fourth-order valence-electron chi connectivity index (χ4n) is 1.06. The van der Waals surface area contributed by atoms with Crippen LogP contribution in [0.1, 0.15) is 0 Å². The van der Waals surface area contributed by atoms with E-state index in [2.05, 4.69) is 9.97 Å². The van der Waals surface area contributed by atoms with E-state index < -0.39 is 11.6 Å². The van der Waals surface area contributed by atoms with Crippen molar-refractivity contribution in [3.63, 3.8) is 0 Å². The number of ether oxygens (including phenoxy) is 1. The van der Waals surface area contributed by atoms with Crippen molar-refractivity contribution in [2.24, 2.45) is 0 Å². The summed E-state index contributed by atoms with van der Waals surface area (Å²) < 4.78 is 31.0. The second-order valence-electron chi connectivity index (χ2n) is 2.92. The van der Waals surface area contributed by atoms with Crippen LogP contribution in [0.2, 0.25) is 0 Å². The average molecular weight is 223 g/mol. The molecule has 16 heavy (non-hydrogen) atoms. The number of aromatic nitrogens is 2. The Morgan fingerprint density at radius 1 is 1.19 bits per heavy atom. The predicted octanol–water partition coefficient (Wildman–Crippen LogP) is 2.13. The van der Waals surface area contributed by atoms with Crippen LogP contribution in [0.25, 0.3) is 0 Å². The molecule has 2 N–H and O–H groups in total. The highest BCUT2D eigenvalue weighted by atomic mass is 19.2. The normalized spacial score (nSPS) is 10.1. The summed E-state index contributed by atoms with van der Waals surface area (Å²) in [6.45, 7) is 0. The number of hydrogen-bond donors (Lipinski definition) is 1. The lowest BCUT2D eigenvalue weighted by Gasteiger charge is -2.04. The zero-order chi connectivity index (χ0) is 11.5. The zero-order valence-corrected chi connectivity index (χ0v) is 8.02. The Balaban J connectivity index is 2.31. The van der Waals surface area contributed by atoms with E-state index in [-0.39, 0.29) is 17.6 Å². The molecule has 4 nitrogen and oxygen atoms in total. The smallest absolute Gasteiger partial charge is 0.323 e. The van der Waals surface area contributed by atoms with E-state index in [1.807, 2.05) is 0 Å². The van der Waals surface area contributed by atoms with Crippen LogP contribution in [-0.2, 0) is 0 Å². The quantitative estimate of drug-likeness (QED) is 0.847. The van der Waals surface area contributed by atoms with E-state index in [0.29, 0.717) is 0 Å². The van der Waals surface area contributed by atoms with Crippen LogP contribution in [0.5, 0.6) is 11.8 Å². The predicted molar refractivity (Wildman–Crippen MR) is 52.9 cm³/mol. The van der Waals surface area contributed by atoms with Gasteiger partial charge in [-0.1, -0.05) is 6.07 Å². The summed E-state index contributed by atoms with van der Waals surface area (Å²) in [5, 5.41) is 0. The molecular formula is C10H7F2N3O. The summed E-state index contributed by atoms with van der Waals surface area (Å²) in [5.74, 6) is -2.19. The first kappa shape index (κ1) is 10.3. The third-order valence-corrected chi connectivity index (χ3v) is 1.77. The van der Waals surface area contributed by atoms with Crippen LogP contribution in [0, 0.1) is 11.6 Å². The maximum absolute atomic E-state index is 13.2. The van der Waals surface area contributed by atoms with Gasteiger partial charge in [-0.15, -0.1) is 0 Å². The Labute approximate surface area is 89.7 Å². The largest absolute Gasteiger partial charge is 0.421 e. The second-order valence-corrected chi connectivity index (χ2v) is 2.92. The third kappa shape index (κ3) is 2.05. The van der Waals surface area contributed by atoms with Crippen molar-refractivity contribution in [1.82, 2.24) is 9.97 Å². The van der Waals surface area contributed by atoms with E-state index in [4.69, 9.17) is 10.5 Å². The molecule has 0 saturated heterocycles. The molecule has 2 rings (SSSR count). The Hall–Kier alpha value is -2.24. The Kier molecular flexibility index (Phi) is 2.63. The Bertz CT molecular complexity index is 519. The molecule has 0 unspecified atom stereocenters. The third-order valence-electron chi connectivity index (χ3n) is 1.77. The van der Waals surface area contributed by atoms with Crippen LogP contribution in [-0.4, -0.2) is 9.97 Å². The number of nitrogens with zero attached hydrogens (tertiary/aromatic N) is 2. The zero-order valence-electron chi connectivity index (χ0n) is 8.02. The van der Waals surface area contributed by atoms with Gasteiger partial charge in [0.15, 0.2) is 11.6 Å². The first-order valence-corrected chi connectivity index (χ1v) is 4.37. The summed E-state index contributed by atoms with van der Waals surface area (Å²) in [4.78, 5) is 7.40. The summed E-state index contributed by atoms with van der Waals surface area (Å²) in [6, 6.07) is 4.90. The molecule has 0 aliphatic carbocycles. The van der Waals surface area contributed by atoms with Gasteiger partial charge in [-0.2, -0.15) is 9.37 Å². The lowest BCUT2D eigenvalue weighted by molar-refractivity contribution is 0.393. The van der Waals surface area contributed by atoms with Crippen LogP contribution in [0.3, 0.4) is 0 Å². The van der Waals surface area contributed by atoms with E-state index in [0.717, 1.165) is 6.07 Å². The van der Waals surface area contributed by atoms with Crippen molar-refractivity contribution in [3.05, 3.63) is 42.1 Å². The highest BCUT2D eigenvalue weighted by molar-refractivity contribution is 5.31. The number of nitrogens with two attached hydrogens (primary N) is 1. The van der Waals surface area contributed by atoms with Crippen molar-refractivity contribution >= 4 is 5.82 Å². The summed E-state index contributed by atoms with van der Waals surface area (Å²) in [6.07, 6.45) is 1.36. The first-order chi connectivity index (χ1) is 7.66. The molecule has 0 aliphatic rings. The molecule has 6 heteroatoms. The van der Waals surface area contributed by atoms with Crippen molar-refractivity contribution in [2.45, 2.75) is 0 Å². The van der Waals surface area contributed by atoms with Gasteiger partial charge in [-0.25, -0.2) is 9.37 Å². The summed E-state index contributed by atoms with van der Waals surface area (Å²) in [5.41, 5.74) is 5.38. The van der Waals surface area contributed by atoms with Crippen LogP contribution in [0.4, 0.5) is 14.6 Å². The van der Waals surface area contributed by atoms with Gasteiger partial charge in [0.2, 0.25) is 5.82 Å². The number of halogens is 2. The van der Waals surface area contributed by atoms with Gasteiger partial charge in [-0.05, 0) is 18.2 Å². The van der Waals surface area contributed by atoms with Crippen molar-refractivity contribution in [2.75, 3.05) is 5.73 Å². The van der Waals surface area contributed by atoms with Crippen molar-refractivity contribution in [3.8, 4) is 11.8 Å². The molecular weight excluding hydrogens is 216 g/mol. The fourth-order valence-corrected chi connectivity index (χ4v) is 1.06. The van der Waals surface area contributed by atoms with Gasteiger partial charge in [0, 0.05) is 6.20 Å². The molecule has 0 bridgehead atoms. The monoisotopic (exact) mass is 223 g/mol. The topological polar surface area (TPSA) is 61.0 Å². The van der Waals surface area contributed by atoms with Crippen LogP contribution >= 0.6 is 0 Å². The molecule has 1 aromatic carbocycles. The molecule has 0 aliphatic heterocycles. The molecule has 1 heterocycles. The molecule has 0 atom stereocenters. The first-order valence-electron chi connectivity index (χ1n) is 4.37. The maximum Gasteiger partial charge on any atom is 0.323 e. The molecule has 0 fully saturated rings. The van der Waals surface area contributed by atoms with E-state index >= 15 is 0 Å². The molecule has 0 amide bonds. The number of benzene rings is 1. The van der Waals surface area contributed by atoms with E-state index in [9.17, 15) is 8.78 Å². The molecule has 1 aromatic heterocycles. The van der Waals surface area contributed by atoms with Crippen LogP contribution < -0.4 is 10.5 Å². The van der Waals surface area contributed by atoms with Gasteiger partial charge >= 0.3 is 6.01 Å². The number of nitrogen functional groups attached to an aromatic ring is 1. The fraction of sp³-hybridized carbons (Fsp3) is 0. The molecule has 0 spiro atoms. The summed E-state index contributed by atoms with van der Waals surface area (Å²) >= 11 is 0. The lowest BCUT2D eigenvalue weighted by atomic mass is 10.3. The van der Waals surface area contributed by atoms with E-state index in [1.165, 1.54) is 24.4 Å². The lowest BCUT2D eigenvalue weighted by Crippen LogP contribution is -1.97. The van der Waals surface area contributed by atoms with Crippen molar-refractivity contribution in [1.29, 1.82) is 0 Å². The minimum Gasteiger partial charge on any atom is -0.421 e. The van der Waals surface area contributed by atoms with Gasteiger partial charge in [0.05, 0.1) is 0 Å². The Morgan fingerprint density at radius 3 is 2.75 bits per heavy atom. The highest BCUT2D eigenvalue weighted by Gasteiger charge is 2.10. The van der Waals surface area contributed by atoms with Crippen molar-refractivity contribution < 1.29 is 13.5 Å². The number of anilines is 1. The summed E-state index contributed by atoms with van der Waals surface area (Å²) in [7, 11) is 0. The SMILES string of the molecule is Nc1ccnc(Oc2cccc(F)c2F)n1.